The van der Waals surface area contributed by atoms with Gasteiger partial charge in [-0.25, -0.2) is 0 Å². The molecule has 0 spiro atoms. The molecule has 0 radical (unpaired) electrons. The van der Waals surface area contributed by atoms with Gasteiger partial charge in [-0.05, 0) is 51.4 Å². The zero-order chi connectivity index (χ0) is 15.1. The average Bonchev–Trinajstić information content (AvgIpc) is 3.04. The van der Waals surface area contributed by atoms with E-state index in [0.29, 0.717) is 5.92 Å². The second kappa shape index (κ2) is 5.35. The lowest BCUT2D eigenvalue weighted by Gasteiger charge is -2.23. The highest BCUT2D eigenvalue weighted by Crippen LogP contribution is 2.35. The van der Waals surface area contributed by atoms with E-state index in [1.165, 1.54) is 19.3 Å². The van der Waals surface area contributed by atoms with Crippen LogP contribution in [0.3, 0.4) is 0 Å². The zero-order valence-electron chi connectivity index (χ0n) is 12.8. The van der Waals surface area contributed by atoms with Crippen LogP contribution in [0.2, 0.25) is 0 Å². The fourth-order valence-corrected chi connectivity index (χ4v) is 3.39. The summed E-state index contributed by atoms with van der Waals surface area (Å²) in [5.41, 5.74) is 1.66. The second-order valence-electron chi connectivity index (χ2n) is 6.46. The van der Waals surface area contributed by atoms with Crippen molar-refractivity contribution in [3.05, 3.63) is 24.2 Å². The summed E-state index contributed by atoms with van der Waals surface area (Å²) in [6, 6.07) is 3.81. The minimum atomic E-state index is -0.0114. The summed E-state index contributed by atoms with van der Waals surface area (Å²) in [4.78, 5) is 14.5. The molecule has 1 saturated carbocycles. The Kier molecular flexibility index (Phi) is 3.33. The van der Waals surface area contributed by atoms with E-state index in [0.717, 1.165) is 36.5 Å². The Morgan fingerprint density at radius 3 is 2.77 bits per heavy atom. The number of likely N-dealkylation sites (tertiary alicyclic amines) is 1. The number of anilines is 1. The molecule has 2 aromatic rings. The van der Waals surface area contributed by atoms with Gasteiger partial charge in [-0.15, -0.1) is 10.2 Å². The van der Waals surface area contributed by atoms with E-state index in [-0.39, 0.29) is 11.9 Å². The maximum atomic E-state index is 12.4. The van der Waals surface area contributed by atoms with Crippen LogP contribution >= 0.6 is 0 Å². The Hall–Kier alpha value is -1.95. The first kappa shape index (κ1) is 13.7. The first-order valence-corrected chi connectivity index (χ1v) is 8.08. The van der Waals surface area contributed by atoms with E-state index in [4.69, 9.17) is 0 Å². The molecule has 1 unspecified atom stereocenters. The van der Waals surface area contributed by atoms with Crippen LogP contribution in [0.4, 0.5) is 5.69 Å². The van der Waals surface area contributed by atoms with E-state index in [1.807, 2.05) is 29.8 Å². The van der Waals surface area contributed by atoms with Crippen LogP contribution in [0.15, 0.2) is 18.3 Å². The van der Waals surface area contributed by atoms with Gasteiger partial charge < -0.3 is 5.32 Å². The maximum Gasteiger partial charge on any atom is 0.241 e. The molecular formula is C16H21N5O. The standard InChI is InChI=1S/C16H21N5O/c1-20-9-3-6-13(20)16(22)17-12-7-8-14-18-19-15(21(14)10-12)11-4-2-5-11/h7-8,10-11,13H,2-6,9H2,1H3,(H,17,22). The van der Waals surface area contributed by atoms with E-state index in [1.54, 1.807) is 0 Å². The molecule has 4 rings (SSSR count). The fourth-order valence-electron chi connectivity index (χ4n) is 3.39. The lowest BCUT2D eigenvalue weighted by atomic mass is 9.85. The van der Waals surface area contributed by atoms with Crippen molar-refractivity contribution in [1.82, 2.24) is 19.5 Å². The van der Waals surface area contributed by atoms with Crippen molar-refractivity contribution in [1.29, 1.82) is 0 Å². The number of aromatic nitrogens is 3. The van der Waals surface area contributed by atoms with Gasteiger partial charge in [0, 0.05) is 12.1 Å². The quantitative estimate of drug-likeness (QED) is 0.942. The number of rotatable bonds is 3. The number of nitrogens with one attached hydrogen (secondary N) is 1. The van der Waals surface area contributed by atoms with Crippen LogP contribution in [0, 0.1) is 0 Å². The van der Waals surface area contributed by atoms with Crippen molar-refractivity contribution >= 4 is 17.2 Å². The number of pyridine rings is 1. The van der Waals surface area contributed by atoms with Crippen LogP contribution in [0.5, 0.6) is 0 Å². The summed E-state index contributed by atoms with van der Waals surface area (Å²) in [6.07, 6.45) is 7.61. The number of amides is 1. The Morgan fingerprint density at radius 1 is 1.23 bits per heavy atom. The molecule has 6 nitrogen and oxygen atoms in total. The maximum absolute atomic E-state index is 12.4. The van der Waals surface area contributed by atoms with Gasteiger partial charge in [-0.2, -0.15) is 0 Å². The molecule has 22 heavy (non-hydrogen) atoms. The van der Waals surface area contributed by atoms with Gasteiger partial charge in [0.1, 0.15) is 5.82 Å². The van der Waals surface area contributed by atoms with Gasteiger partial charge in [0.05, 0.1) is 11.7 Å². The van der Waals surface area contributed by atoms with Gasteiger partial charge in [0.25, 0.3) is 0 Å². The minimum Gasteiger partial charge on any atom is -0.323 e. The molecule has 0 bridgehead atoms. The Bertz CT molecular complexity index is 706. The molecule has 2 aliphatic rings. The lowest BCUT2D eigenvalue weighted by Crippen LogP contribution is -2.37. The van der Waals surface area contributed by atoms with Crippen LogP contribution in [0.25, 0.3) is 5.65 Å². The number of likely N-dealkylation sites (N-methyl/N-ethyl adjacent to an activating group) is 1. The Balaban J connectivity index is 1.57. The average molecular weight is 299 g/mol. The normalized spacial score (nSPS) is 22.9. The van der Waals surface area contributed by atoms with Crippen molar-refractivity contribution in [2.45, 2.75) is 44.1 Å². The number of fused-ring (bicyclic) bond motifs is 1. The molecule has 1 N–H and O–H groups in total. The molecule has 1 aliphatic carbocycles. The number of carbonyl (C=O) groups is 1. The molecule has 1 aliphatic heterocycles. The molecule has 1 saturated heterocycles. The van der Waals surface area contributed by atoms with Gasteiger partial charge in [0.2, 0.25) is 5.91 Å². The third-order valence-electron chi connectivity index (χ3n) is 4.99. The van der Waals surface area contributed by atoms with Crippen molar-refractivity contribution in [3.8, 4) is 0 Å². The molecule has 6 heteroatoms. The first-order valence-electron chi connectivity index (χ1n) is 8.08. The summed E-state index contributed by atoms with van der Waals surface area (Å²) in [7, 11) is 2.01. The van der Waals surface area contributed by atoms with Crippen LogP contribution in [-0.2, 0) is 4.79 Å². The number of nitrogens with zero attached hydrogens (tertiary/aromatic N) is 4. The third-order valence-corrected chi connectivity index (χ3v) is 4.99. The summed E-state index contributed by atoms with van der Waals surface area (Å²) in [6.45, 7) is 0.994. The highest BCUT2D eigenvalue weighted by Gasteiger charge is 2.28. The molecule has 116 valence electrons. The third kappa shape index (κ3) is 2.27. The zero-order valence-corrected chi connectivity index (χ0v) is 12.8. The van der Waals surface area contributed by atoms with E-state index >= 15 is 0 Å². The van der Waals surface area contributed by atoms with Crippen molar-refractivity contribution in [2.24, 2.45) is 0 Å². The molecule has 1 atom stereocenters. The Labute approximate surface area is 129 Å². The molecular weight excluding hydrogens is 278 g/mol. The smallest absolute Gasteiger partial charge is 0.241 e. The SMILES string of the molecule is CN1CCCC1C(=O)Nc1ccc2nnc(C3CCC3)n2c1. The van der Waals surface area contributed by atoms with Gasteiger partial charge in [0.15, 0.2) is 5.65 Å². The summed E-state index contributed by atoms with van der Waals surface area (Å²) in [5, 5.41) is 11.6. The summed E-state index contributed by atoms with van der Waals surface area (Å²) < 4.78 is 2.03. The molecule has 0 aromatic carbocycles. The predicted octanol–water partition coefficient (Wildman–Crippen LogP) is 2.03. The van der Waals surface area contributed by atoms with Crippen LogP contribution in [0.1, 0.15) is 43.8 Å². The minimum absolute atomic E-state index is 0.0114. The number of hydrogen-bond acceptors (Lipinski definition) is 4. The molecule has 1 amide bonds. The first-order chi connectivity index (χ1) is 10.7. The largest absolute Gasteiger partial charge is 0.323 e. The Morgan fingerprint density at radius 2 is 2.09 bits per heavy atom. The number of hydrogen-bond donors (Lipinski definition) is 1. The summed E-state index contributed by atoms with van der Waals surface area (Å²) in [5.74, 6) is 1.62. The van der Waals surface area contributed by atoms with Crippen LogP contribution < -0.4 is 5.32 Å². The highest BCUT2D eigenvalue weighted by molar-refractivity contribution is 5.95. The monoisotopic (exact) mass is 299 g/mol. The number of carbonyl (C=O) groups excluding carboxylic acids is 1. The van der Waals surface area contributed by atoms with E-state index in [2.05, 4.69) is 20.4 Å². The predicted molar refractivity (Wildman–Crippen MR) is 83.9 cm³/mol. The summed E-state index contributed by atoms with van der Waals surface area (Å²) >= 11 is 0. The second-order valence-corrected chi connectivity index (χ2v) is 6.46. The molecule has 2 aromatic heterocycles. The van der Waals surface area contributed by atoms with Crippen molar-refractivity contribution in [2.75, 3.05) is 18.9 Å². The van der Waals surface area contributed by atoms with Gasteiger partial charge in [-0.1, -0.05) is 6.42 Å². The molecule has 3 heterocycles. The topological polar surface area (TPSA) is 62.5 Å². The van der Waals surface area contributed by atoms with E-state index in [9.17, 15) is 4.79 Å². The van der Waals surface area contributed by atoms with Crippen molar-refractivity contribution < 1.29 is 4.79 Å². The highest BCUT2D eigenvalue weighted by atomic mass is 16.2. The van der Waals surface area contributed by atoms with Crippen molar-refractivity contribution in [3.63, 3.8) is 0 Å². The molecule has 2 fully saturated rings. The lowest BCUT2D eigenvalue weighted by molar-refractivity contribution is -0.119. The fraction of sp³-hybridized carbons (Fsp3) is 0.562. The van der Waals surface area contributed by atoms with E-state index < -0.39 is 0 Å². The van der Waals surface area contributed by atoms with Gasteiger partial charge in [-0.3, -0.25) is 14.1 Å². The van der Waals surface area contributed by atoms with Gasteiger partial charge >= 0.3 is 0 Å². The van der Waals surface area contributed by atoms with Crippen LogP contribution in [-0.4, -0.2) is 45.0 Å².